The first-order valence-corrected chi connectivity index (χ1v) is 9.61. The van der Waals surface area contributed by atoms with E-state index in [9.17, 15) is 29.3 Å². The number of anilines is 3. The molecule has 0 unspecified atom stereocenters. The highest BCUT2D eigenvalue weighted by Gasteiger charge is 2.24. The van der Waals surface area contributed by atoms with Gasteiger partial charge in [0.15, 0.2) is 17.5 Å². The van der Waals surface area contributed by atoms with E-state index < -0.39 is 40.0 Å². The summed E-state index contributed by atoms with van der Waals surface area (Å²) in [6, 6.07) is 3.67. The van der Waals surface area contributed by atoms with Crippen LogP contribution in [-0.2, 0) is 4.74 Å². The third-order valence-electron chi connectivity index (χ3n) is 4.40. The van der Waals surface area contributed by atoms with Crippen molar-refractivity contribution in [1.29, 1.82) is 0 Å². The normalized spacial score (nSPS) is 10.5. The second-order valence-electron chi connectivity index (χ2n) is 6.74. The summed E-state index contributed by atoms with van der Waals surface area (Å²) in [6.45, 7) is 0. The molecule has 0 saturated carbocycles. The molecule has 3 amide bonds. The van der Waals surface area contributed by atoms with Crippen LogP contribution in [0.1, 0.15) is 42.0 Å². The van der Waals surface area contributed by atoms with Gasteiger partial charge in [-0.2, -0.15) is 20.4 Å². The molecule has 0 atom stereocenters. The van der Waals surface area contributed by atoms with Gasteiger partial charge in [0.25, 0.3) is 17.7 Å². The van der Waals surface area contributed by atoms with E-state index in [2.05, 4.69) is 61.5 Å². The third kappa shape index (κ3) is 4.88. The van der Waals surface area contributed by atoms with Gasteiger partial charge in [0.1, 0.15) is 23.3 Å². The van der Waals surface area contributed by atoms with Crippen molar-refractivity contribution in [3.05, 3.63) is 57.3 Å². The molecule has 0 aromatic carbocycles. The van der Waals surface area contributed by atoms with Crippen molar-refractivity contribution in [3.63, 3.8) is 0 Å². The van der Waals surface area contributed by atoms with E-state index in [0.717, 1.165) is 6.20 Å². The molecular formula is C17H14N12O7. The Kier molecular flexibility index (Phi) is 6.17. The van der Waals surface area contributed by atoms with Gasteiger partial charge in [-0.1, -0.05) is 0 Å². The van der Waals surface area contributed by atoms with Gasteiger partial charge in [-0.3, -0.25) is 44.9 Å². The summed E-state index contributed by atoms with van der Waals surface area (Å²) in [7, 11) is 1.19. The third-order valence-corrected chi connectivity index (χ3v) is 4.40. The second kappa shape index (κ2) is 9.54. The number of nitrogens with one attached hydrogen (secondary N) is 7. The number of amides is 3. The van der Waals surface area contributed by atoms with Gasteiger partial charge in [0.05, 0.1) is 12.0 Å². The predicted molar refractivity (Wildman–Crippen MR) is 116 cm³/mol. The molecule has 0 bridgehead atoms. The number of aromatic amines is 4. The second-order valence-corrected chi connectivity index (χ2v) is 6.74. The lowest BCUT2D eigenvalue weighted by Crippen LogP contribution is -2.14. The minimum atomic E-state index is -0.892. The molecule has 19 nitrogen and oxygen atoms in total. The van der Waals surface area contributed by atoms with Gasteiger partial charge < -0.3 is 20.7 Å². The Hall–Kier alpha value is -5.88. The highest BCUT2D eigenvalue weighted by atomic mass is 16.6. The Bertz CT molecular complexity index is 1480. The number of nitro groups is 1. The first-order valence-electron chi connectivity index (χ1n) is 9.61. The van der Waals surface area contributed by atoms with Crippen LogP contribution < -0.4 is 16.0 Å². The zero-order valence-corrected chi connectivity index (χ0v) is 17.9. The lowest BCUT2D eigenvalue weighted by atomic mass is 10.3. The molecule has 0 radical (unpaired) electrons. The summed E-state index contributed by atoms with van der Waals surface area (Å²) in [5, 5.41) is 42.2. The quantitative estimate of drug-likeness (QED) is 0.0966. The Balaban J connectivity index is 1.35. The molecule has 0 aliphatic heterocycles. The fourth-order valence-corrected chi connectivity index (χ4v) is 2.74. The number of esters is 1. The van der Waals surface area contributed by atoms with E-state index in [1.54, 1.807) is 0 Å². The molecule has 19 heteroatoms. The van der Waals surface area contributed by atoms with E-state index in [1.165, 1.54) is 25.3 Å². The first-order chi connectivity index (χ1) is 17.2. The van der Waals surface area contributed by atoms with Crippen molar-refractivity contribution >= 4 is 46.8 Å². The zero-order valence-electron chi connectivity index (χ0n) is 17.9. The zero-order chi connectivity index (χ0) is 25.8. The lowest BCUT2D eigenvalue weighted by Gasteiger charge is -1.99. The Morgan fingerprint density at radius 3 is 1.78 bits per heavy atom. The number of carbonyl (C=O) groups excluding carboxylic acids is 4. The summed E-state index contributed by atoms with van der Waals surface area (Å²) >= 11 is 0. The molecule has 7 N–H and O–H groups in total. The average Bonchev–Trinajstić information content (AvgIpc) is 3.65. The van der Waals surface area contributed by atoms with Crippen LogP contribution in [0.3, 0.4) is 0 Å². The van der Waals surface area contributed by atoms with Crippen LogP contribution in [0.5, 0.6) is 0 Å². The maximum atomic E-state index is 12.4. The van der Waals surface area contributed by atoms with Gasteiger partial charge in [0.2, 0.25) is 5.69 Å². The number of nitrogens with zero attached hydrogens (tertiary/aromatic N) is 5. The van der Waals surface area contributed by atoms with Crippen molar-refractivity contribution < 1.29 is 28.8 Å². The minimum absolute atomic E-state index is 0.0179. The fraction of sp³-hybridized carbons (Fsp3) is 0.0588. The number of rotatable bonds is 8. The number of methoxy groups -OCH3 is 1. The Labute approximate surface area is 197 Å². The number of aromatic nitrogens is 8. The number of carbonyl (C=O) groups is 4. The molecule has 4 heterocycles. The van der Waals surface area contributed by atoms with Crippen molar-refractivity contribution in [1.82, 2.24) is 40.8 Å². The standard InChI is InChI=1S/C17H14N12O7/c1-36-17(33)8-4-12(27-24-8)20-15(31)6-2-10(25-22-6)19-14(30)7-3-11(26-23-7)21-16(32)13-9(29(34)35)5-18-28-13/h2-5H,1H3,(H,18,28)(H2,19,22,25,30)(H2,20,24,27,31)(H2,21,23,26,32). The summed E-state index contributed by atoms with van der Waals surface area (Å²) in [5.74, 6) is -3.01. The summed E-state index contributed by atoms with van der Waals surface area (Å²) in [5.41, 5.74) is -1.02. The summed E-state index contributed by atoms with van der Waals surface area (Å²) in [4.78, 5) is 58.5. The maximum Gasteiger partial charge on any atom is 0.356 e. The highest BCUT2D eigenvalue weighted by molar-refractivity contribution is 6.07. The van der Waals surface area contributed by atoms with Crippen molar-refractivity contribution in [2.24, 2.45) is 0 Å². The molecule has 0 saturated heterocycles. The van der Waals surface area contributed by atoms with Crippen LogP contribution in [0.4, 0.5) is 23.1 Å². The van der Waals surface area contributed by atoms with Gasteiger partial charge in [0, 0.05) is 18.2 Å². The first kappa shape index (κ1) is 23.3. The SMILES string of the molecule is COC(=O)c1cc(NC(=O)c2cc(NC(=O)c3cc(NC(=O)c4[nH]ncc4[N+](=O)[O-])n[nH]3)n[nH]2)n[nH]1. The fourth-order valence-electron chi connectivity index (χ4n) is 2.74. The lowest BCUT2D eigenvalue weighted by molar-refractivity contribution is -0.385. The highest BCUT2D eigenvalue weighted by Crippen LogP contribution is 2.17. The smallest absolute Gasteiger partial charge is 0.356 e. The molecule has 0 spiro atoms. The number of ether oxygens (including phenoxy) is 1. The summed E-state index contributed by atoms with van der Waals surface area (Å²) in [6.07, 6.45) is 0.880. The van der Waals surface area contributed by atoms with Crippen molar-refractivity contribution in [2.45, 2.75) is 0 Å². The molecule has 0 fully saturated rings. The van der Waals surface area contributed by atoms with Crippen LogP contribution >= 0.6 is 0 Å². The molecule has 0 aliphatic carbocycles. The molecular weight excluding hydrogens is 484 g/mol. The Morgan fingerprint density at radius 2 is 1.28 bits per heavy atom. The van der Waals surface area contributed by atoms with Crippen LogP contribution in [0.25, 0.3) is 0 Å². The topological polar surface area (TPSA) is 271 Å². The minimum Gasteiger partial charge on any atom is -0.464 e. The molecule has 4 aromatic heterocycles. The van der Waals surface area contributed by atoms with Crippen LogP contribution in [-0.4, -0.2) is 76.5 Å². The molecule has 36 heavy (non-hydrogen) atoms. The largest absolute Gasteiger partial charge is 0.464 e. The van der Waals surface area contributed by atoms with E-state index in [-0.39, 0.29) is 34.5 Å². The van der Waals surface area contributed by atoms with Gasteiger partial charge in [-0.15, -0.1) is 0 Å². The van der Waals surface area contributed by atoms with Crippen LogP contribution in [0, 0.1) is 10.1 Å². The number of hydrogen-bond acceptors (Lipinski definition) is 11. The Morgan fingerprint density at radius 1 is 0.806 bits per heavy atom. The van der Waals surface area contributed by atoms with Gasteiger partial charge >= 0.3 is 11.7 Å². The van der Waals surface area contributed by atoms with E-state index >= 15 is 0 Å². The predicted octanol–water partition coefficient (Wildman–Crippen LogP) is 0.0307. The molecule has 184 valence electrons. The van der Waals surface area contributed by atoms with Crippen molar-refractivity contribution in [2.75, 3.05) is 23.1 Å². The van der Waals surface area contributed by atoms with Crippen molar-refractivity contribution in [3.8, 4) is 0 Å². The van der Waals surface area contributed by atoms with E-state index in [4.69, 9.17) is 0 Å². The summed E-state index contributed by atoms with van der Waals surface area (Å²) < 4.78 is 4.53. The van der Waals surface area contributed by atoms with Crippen LogP contribution in [0.2, 0.25) is 0 Å². The molecule has 0 aliphatic rings. The van der Waals surface area contributed by atoms with Gasteiger partial charge in [-0.25, -0.2) is 4.79 Å². The monoisotopic (exact) mass is 498 g/mol. The number of H-pyrrole nitrogens is 4. The number of hydrogen-bond donors (Lipinski definition) is 7. The van der Waals surface area contributed by atoms with E-state index in [1.807, 2.05) is 0 Å². The maximum absolute atomic E-state index is 12.4. The van der Waals surface area contributed by atoms with Crippen LogP contribution in [0.15, 0.2) is 24.4 Å². The molecule has 4 rings (SSSR count). The average molecular weight is 498 g/mol. The van der Waals surface area contributed by atoms with E-state index in [0.29, 0.717) is 0 Å². The van der Waals surface area contributed by atoms with Gasteiger partial charge in [-0.05, 0) is 0 Å². The molecule has 4 aromatic rings.